The highest BCUT2D eigenvalue weighted by Gasteiger charge is 2.11. The number of hydrogen-bond acceptors (Lipinski definition) is 5. The van der Waals surface area contributed by atoms with Gasteiger partial charge >= 0.3 is 0 Å². The van der Waals surface area contributed by atoms with Crippen molar-refractivity contribution < 1.29 is 14.3 Å². The van der Waals surface area contributed by atoms with E-state index in [2.05, 4.69) is 4.98 Å². The molecular weight excluding hydrogens is 328 g/mol. The van der Waals surface area contributed by atoms with E-state index in [0.717, 1.165) is 28.3 Å². The molecule has 0 fully saturated rings. The number of aromatic nitrogens is 1. The number of aliphatic hydroxyl groups excluding tert-OH is 1. The number of oxazole rings is 1. The predicted octanol–water partition coefficient (Wildman–Crippen LogP) is 3.65. The number of ether oxygens (including phenoxy) is 1. The van der Waals surface area contributed by atoms with Gasteiger partial charge in [-0.2, -0.15) is 0 Å². The van der Waals surface area contributed by atoms with Crippen LogP contribution in [0.3, 0.4) is 0 Å². The molecule has 0 aliphatic heterocycles. The lowest BCUT2D eigenvalue weighted by Crippen LogP contribution is -2.11. The highest BCUT2D eigenvalue weighted by Crippen LogP contribution is 2.22. The standard InChI is InChI=1S/C21H24N2O3/c1-15-20(23-21(26-15)17-5-3-2-4-6-17)12-14-25-18-9-7-16(8-10-18)19(22)11-13-24/h2-10,19,24H,11-14,22H2,1H3. The fourth-order valence-corrected chi connectivity index (χ4v) is 2.75. The van der Waals surface area contributed by atoms with Crippen molar-refractivity contribution in [1.29, 1.82) is 0 Å². The molecule has 0 spiro atoms. The van der Waals surface area contributed by atoms with Crippen LogP contribution in [0.4, 0.5) is 0 Å². The van der Waals surface area contributed by atoms with E-state index in [1.165, 1.54) is 0 Å². The molecule has 1 atom stereocenters. The molecule has 0 saturated carbocycles. The molecule has 5 heteroatoms. The number of rotatable bonds is 8. The summed E-state index contributed by atoms with van der Waals surface area (Å²) in [6, 6.07) is 17.4. The van der Waals surface area contributed by atoms with Crippen LogP contribution in [0.15, 0.2) is 59.0 Å². The van der Waals surface area contributed by atoms with Crippen LogP contribution in [-0.4, -0.2) is 23.3 Å². The molecule has 0 bridgehead atoms. The first kappa shape index (κ1) is 18.2. The average Bonchev–Trinajstić information content (AvgIpc) is 3.04. The smallest absolute Gasteiger partial charge is 0.226 e. The second-order valence-electron chi connectivity index (χ2n) is 6.17. The van der Waals surface area contributed by atoms with Gasteiger partial charge in [0.05, 0.1) is 12.3 Å². The molecule has 0 amide bonds. The SMILES string of the molecule is Cc1oc(-c2ccccc2)nc1CCOc1ccc(C(N)CCO)cc1. The van der Waals surface area contributed by atoms with Crippen molar-refractivity contribution in [2.24, 2.45) is 5.73 Å². The molecule has 136 valence electrons. The molecular formula is C21H24N2O3. The van der Waals surface area contributed by atoms with E-state index in [1.807, 2.05) is 61.5 Å². The van der Waals surface area contributed by atoms with Crippen LogP contribution in [0, 0.1) is 6.92 Å². The quantitative estimate of drug-likeness (QED) is 0.647. The molecule has 5 nitrogen and oxygen atoms in total. The third-order valence-corrected chi connectivity index (χ3v) is 4.27. The minimum Gasteiger partial charge on any atom is -0.493 e. The Morgan fingerprint density at radius 3 is 2.54 bits per heavy atom. The number of nitrogens with two attached hydrogens (primary N) is 1. The lowest BCUT2D eigenvalue weighted by Gasteiger charge is -2.11. The lowest BCUT2D eigenvalue weighted by molar-refractivity contribution is 0.276. The molecule has 0 aliphatic rings. The Balaban J connectivity index is 1.56. The molecule has 1 unspecified atom stereocenters. The molecule has 3 rings (SSSR count). The van der Waals surface area contributed by atoms with Crippen LogP contribution in [0.5, 0.6) is 5.75 Å². The molecule has 0 saturated heterocycles. The van der Waals surface area contributed by atoms with Crippen molar-refractivity contribution in [3.8, 4) is 17.2 Å². The summed E-state index contributed by atoms with van der Waals surface area (Å²) < 4.78 is 11.6. The number of benzene rings is 2. The third kappa shape index (κ3) is 4.50. The highest BCUT2D eigenvalue weighted by molar-refractivity contribution is 5.53. The van der Waals surface area contributed by atoms with Gasteiger partial charge < -0.3 is 20.0 Å². The Labute approximate surface area is 153 Å². The van der Waals surface area contributed by atoms with E-state index in [-0.39, 0.29) is 12.6 Å². The molecule has 3 N–H and O–H groups in total. The van der Waals surface area contributed by atoms with Crippen LogP contribution in [0.2, 0.25) is 0 Å². The topological polar surface area (TPSA) is 81.5 Å². The summed E-state index contributed by atoms with van der Waals surface area (Å²) in [6.45, 7) is 2.52. The van der Waals surface area contributed by atoms with Gasteiger partial charge in [-0.3, -0.25) is 0 Å². The van der Waals surface area contributed by atoms with E-state index in [0.29, 0.717) is 25.3 Å². The van der Waals surface area contributed by atoms with E-state index in [9.17, 15) is 0 Å². The van der Waals surface area contributed by atoms with Crippen molar-refractivity contribution in [2.75, 3.05) is 13.2 Å². The summed E-state index contributed by atoms with van der Waals surface area (Å²) in [5.74, 6) is 2.24. The summed E-state index contributed by atoms with van der Waals surface area (Å²) >= 11 is 0. The van der Waals surface area contributed by atoms with Crippen LogP contribution < -0.4 is 10.5 Å². The van der Waals surface area contributed by atoms with Crippen molar-refractivity contribution in [1.82, 2.24) is 4.98 Å². The maximum Gasteiger partial charge on any atom is 0.226 e. The summed E-state index contributed by atoms with van der Waals surface area (Å²) in [4.78, 5) is 4.58. The number of aliphatic hydroxyl groups is 1. The first-order valence-corrected chi connectivity index (χ1v) is 8.78. The first-order chi connectivity index (χ1) is 12.7. The highest BCUT2D eigenvalue weighted by atomic mass is 16.5. The Bertz CT molecular complexity index is 813. The minimum atomic E-state index is -0.150. The summed E-state index contributed by atoms with van der Waals surface area (Å²) in [5.41, 5.74) is 8.85. The zero-order chi connectivity index (χ0) is 18.4. The van der Waals surface area contributed by atoms with Crippen LogP contribution in [-0.2, 0) is 6.42 Å². The van der Waals surface area contributed by atoms with Gasteiger partial charge in [0.2, 0.25) is 5.89 Å². The molecule has 2 aromatic carbocycles. The monoisotopic (exact) mass is 352 g/mol. The maximum atomic E-state index is 8.96. The number of aryl methyl sites for hydroxylation is 1. The molecule has 1 aromatic heterocycles. The van der Waals surface area contributed by atoms with Gasteiger partial charge in [-0.15, -0.1) is 0 Å². The van der Waals surface area contributed by atoms with Crippen molar-refractivity contribution in [2.45, 2.75) is 25.8 Å². The van der Waals surface area contributed by atoms with Gasteiger partial charge in [-0.05, 0) is 43.2 Å². The molecule has 1 heterocycles. The largest absolute Gasteiger partial charge is 0.493 e. The molecule has 0 radical (unpaired) electrons. The van der Waals surface area contributed by atoms with E-state index < -0.39 is 0 Å². The van der Waals surface area contributed by atoms with E-state index in [1.54, 1.807) is 0 Å². The van der Waals surface area contributed by atoms with Crippen LogP contribution in [0.25, 0.3) is 11.5 Å². The van der Waals surface area contributed by atoms with E-state index >= 15 is 0 Å². The van der Waals surface area contributed by atoms with Crippen molar-refractivity contribution in [3.05, 3.63) is 71.6 Å². The van der Waals surface area contributed by atoms with Gasteiger partial charge in [-0.1, -0.05) is 30.3 Å². The molecule has 26 heavy (non-hydrogen) atoms. The normalized spacial score (nSPS) is 12.1. The predicted molar refractivity (Wildman–Crippen MR) is 101 cm³/mol. The molecule has 3 aromatic rings. The fourth-order valence-electron chi connectivity index (χ4n) is 2.75. The maximum absolute atomic E-state index is 8.96. The van der Waals surface area contributed by atoms with Gasteiger partial charge in [0.1, 0.15) is 11.5 Å². The average molecular weight is 352 g/mol. The lowest BCUT2D eigenvalue weighted by atomic mass is 10.1. The van der Waals surface area contributed by atoms with Gasteiger partial charge in [0.15, 0.2) is 0 Å². The summed E-state index contributed by atoms with van der Waals surface area (Å²) in [6.07, 6.45) is 1.23. The second-order valence-corrected chi connectivity index (χ2v) is 6.17. The summed E-state index contributed by atoms with van der Waals surface area (Å²) in [7, 11) is 0. The second kappa shape index (κ2) is 8.65. The van der Waals surface area contributed by atoms with E-state index in [4.69, 9.17) is 20.0 Å². The van der Waals surface area contributed by atoms with Crippen molar-refractivity contribution in [3.63, 3.8) is 0 Å². The number of hydrogen-bond donors (Lipinski definition) is 2. The Hall–Kier alpha value is -2.63. The number of nitrogens with zero attached hydrogens (tertiary/aromatic N) is 1. The zero-order valence-corrected chi connectivity index (χ0v) is 14.9. The third-order valence-electron chi connectivity index (χ3n) is 4.27. The minimum absolute atomic E-state index is 0.0848. The first-order valence-electron chi connectivity index (χ1n) is 8.78. The Morgan fingerprint density at radius 1 is 1.12 bits per heavy atom. The van der Waals surface area contributed by atoms with Gasteiger partial charge in [0, 0.05) is 24.6 Å². The Kier molecular flexibility index (Phi) is 6.04. The Morgan fingerprint density at radius 2 is 1.85 bits per heavy atom. The van der Waals surface area contributed by atoms with Gasteiger partial charge in [0.25, 0.3) is 0 Å². The van der Waals surface area contributed by atoms with Crippen LogP contribution in [0.1, 0.15) is 29.5 Å². The van der Waals surface area contributed by atoms with Gasteiger partial charge in [-0.25, -0.2) is 4.98 Å². The van der Waals surface area contributed by atoms with Crippen LogP contribution >= 0.6 is 0 Å². The fraction of sp³-hybridized carbons (Fsp3) is 0.286. The zero-order valence-electron chi connectivity index (χ0n) is 14.9. The summed E-state index contributed by atoms with van der Waals surface area (Å²) in [5, 5.41) is 8.96. The molecule has 0 aliphatic carbocycles. The van der Waals surface area contributed by atoms with Crippen molar-refractivity contribution >= 4 is 0 Å².